The number of benzene rings is 2. The Hall–Kier alpha value is -2.84. The summed E-state index contributed by atoms with van der Waals surface area (Å²) in [5, 5.41) is 0. The second-order valence-corrected chi connectivity index (χ2v) is 11.2. The van der Waals surface area contributed by atoms with Gasteiger partial charge in [-0.2, -0.15) is 0 Å². The lowest BCUT2D eigenvalue weighted by Crippen LogP contribution is -2.34. The van der Waals surface area contributed by atoms with Gasteiger partial charge in [-0.3, -0.25) is 9.69 Å². The third kappa shape index (κ3) is 5.62. The number of ether oxygens (including phenoxy) is 1. The molecule has 0 saturated carbocycles. The number of esters is 1. The molecule has 2 rings (SSSR count). The highest BCUT2D eigenvalue weighted by atomic mass is 28.3. The van der Waals surface area contributed by atoms with Gasteiger partial charge in [0.2, 0.25) is 0 Å². The molecule has 2 aromatic rings. The summed E-state index contributed by atoms with van der Waals surface area (Å²) in [6.07, 6.45) is 0. The Morgan fingerprint density at radius 2 is 1.40 bits per heavy atom. The fourth-order valence-electron chi connectivity index (χ4n) is 2.09. The predicted octanol–water partition coefficient (Wildman–Crippen LogP) is 3.78. The van der Waals surface area contributed by atoms with Gasteiger partial charge in [0.1, 0.15) is 8.07 Å². The van der Waals surface area contributed by atoms with Crippen LogP contribution < -0.4 is 4.90 Å². The number of carbonyl (C=O) groups is 2. The molecule has 0 aromatic heterocycles. The Morgan fingerprint density at radius 1 is 0.920 bits per heavy atom. The summed E-state index contributed by atoms with van der Waals surface area (Å²) in [5.41, 5.74) is 4.30. The van der Waals surface area contributed by atoms with Crippen LogP contribution >= 0.6 is 0 Å². The van der Waals surface area contributed by atoms with E-state index in [1.54, 1.807) is 24.3 Å². The van der Waals surface area contributed by atoms with Crippen LogP contribution in [-0.4, -0.2) is 26.6 Å². The summed E-state index contributed by atoms with van der Waals surface area (Å²) in [7, 11) is -1.53. The van der Waals surface area contributed by atoms with E-state index < -0.39 is 20.0 Å². The number of para-hydroxylation sites is 2. The molecule has 0 aliphatic rings. The molecule has 0 spiro atoms. The maximum Gasteiger partial charge on any atom is 0.398 e. The second-order valence-electron chi connectivity index (χ2n) is 6.44. The van der Waals surface area contributed by atoms with Crippen molar-refractivity contribution in [3.63, 3.8) is 0 Å². The fourth-order valence-corrected chi connectivity index (χ4v) is 2.70. The van der Waals surface area contributed by atoms with Crippen LogP contribution in [0.15, 0.2) is 60.7 Å². The zero-order valence-electron chi connectivity index (χ0n) is 14.7. The number of hydrogen-bond acceptors (Lipinski definition) is 3. The van der Waals surface area contributed by atoms with Crippen molar-refractivity contribution < 1.29 is 14.3 Å². The summed E-state index contributed by atoms with van der Waals surface area (Å²) in [5.74, 6) is 1.17. The molecule has 0 heterocycles. The van der Waals surface area contributed by atoms with Crippen molar-refractivity contribution in [3.05, 3.63) is 60.7 Å². The zero-order chi connectivity index (χ0) is 18.3. The van der Waals surface area contributed by atoms with E-state index in [2.05, 4.69) is 31.1 Å². The number of carbonyl (C=O) groups excluding carboxylic acids is 2. The SMILES string of the molecule is C[Si](C)(C)C#CCOC(=O)C(=O)N(c1ccccc1)c1ccccc1. The van der Waals surface area contributed by atoms with E-state index in [1.807, 2.05) is 36.4 Å². The minimum absolute atomic E-state index is 0.0771. The van der Waals surface area contributed by atoms with Gasteiger partial charge >= 0.3 is 11.9 Å². The summed E-state index contributed by atoms with van der Waals surface area (Å²) in [4.78, 5) is 26.2. The number of anilines is 2. The minimum Gasteiger partial charge on any atom is -0.445 e. The molecule has 0 aliphatic carbocycles. The number of hydrogen-bond donors (Lipinski definition) is 0. The van der Waals surface area contributed by atoms with Crippen LogP contribution in [0, 0.1) is 11.5 Å². The fraction of sp³-hybridized carbons (Fsp3) is 0.200. The van der Waals surface area contributed by atoms with Gasteiger partial charge < -0.3 is 4.74 Å². The monoisotopic (exact) mass is 351 g/mol. The van der Waals surface area contributed by atoms with E-state index in [0.717, 1.165) is 0 Å². The van der Waals surface area contributed by atoms with Crippen molar-refractivity contribution in [2.24, 2.45) is 0 Å². The van der Waals surface area contributed by atoms with Crippen molar-refractivity contribution in [1.82, 2.24) is 0 Å². The lowest BCUT2D eigenvalue weighted by molar-refractivity contribution is -0.152. The lowest BCUT2D eigenvalue weighted by atomic mass is 10.2. The smallest absolute Gasteiger partial charge is 0.398 e. The van der Waals surface area contributed by atoms with Crippen LogP contribution in [0.5, 0.6) is 0 Å². The van der Waals surface area contributed by atoms with E-state index in [1.165, 1.54) is 4.90 Å². The highest BCUT2D eigenvalue weighted by molar-refractivity contribution is 6.83. The average molecular weight is 351 g/mol. The molecule has 0 atom stereocenters. The molecule has 4 nitrogen and oxygen atoms in total. The Balaban J connectivity index is 2.18. The first kappa shape index (κ1) is 18.5. The largest absolute Gasteiger partial charge is 0.445 e. The Labute approximate surface area is 149 Å². The van der Waals surface area contributed by atoms with Crippen LogP contribution in [-0.2, 0) is 14.3 Å². The van der Waals surface area contributed by atoms with Crippen LogP contribution in [0.25, 0.3) is 0 Å². The number of amides is 1. The van der Waals surface area contributed by atoms with Gasteiger partial charge in [-0.25, -0.2) is 4.79 Å². The van der Waals surface area contributed by atoms with E-state index in [4.69, 9.17) is 4.74 Å². The Kier molecular flexibility index (Phi) is 6.15. The van der Waals surface area contributed by atoms with Crippen molar-refractivity contribution >= 4 is 31.3 Å². The van der Waals surface area contributed by atoms with Crippen LogP contribution in [0.3, 0.4) is 0 Å². The molecule has 0 radical (unpaired) electrons. The molecule has 0 unspecified atom stereocenters. The Bertz CT molecular complexity index is 747. The molecule has 0 fully saturated rings. The molecule has 0 N–H and O–H groups in total. The molecule has 1 amide bonds. The van der Waals surface area contributed by atoms with E-state index in [-0.39, 0.29) is 6.61 Å². The molecule has 0 bridgehead atoms. The molecule has 5 heteroatoms. The van der Waals surface area contributed by atoms with Crippen LogP contribution in [0.1, 0.15) is 0 Å². The first-order valence-electron chi connectivity index (χ1n) is 8.00. The maximum absolute atomic E-state index is 12.6. The van der Waals surface area contributed by atoms with Crippen molar-refractivity contribution in [2.75, 3.05) is 11.5 Å². The third-order valence-corrected chi connectivity index (χ3v) is 4.07. The highest BCUT2D eigenvalue weighted by Crippen LogP contribution is 2.25. The number of nitrogens with zero attached hydrogens (tertiary/aromatic N) is 1. The minimum atomic E-state index is -1.53. The maximum atomic E-state index is 12.6. The van der Waals surface area contributed by atoms with Crippen molar-refractivity contribution in [2.45, 2.75) is 19.6 Å². The van der Waals surface area contributed by atoms with Gasteiger partial charge in [0.15, 0.2) is 6.61 Å². The normalized spacial score (nSPS) is 10.4. The van der Waals surface area contributed by atoms with Crippen LogP contribution in [0.2, 0.25) is 19.6 Å². The molecular weight excluding hydrogens is 330 g/mol. The van der Waals surface area contributed by atoms with Gasteiger partial charge in [-0.1, -0.05) is 62.0 Å². The first-order valence-corrected chi connectivity index (χ1v) is 11.5. The lowest BCUT2D eigenvalue weighted by Gasteiger charge is -2.21. The highest BCUT2D eigenvalue weighted by Gasteiger charge is 2.26. The van der Waals surface area contributed by atoms with Crippen LogP contribution in [0.4, 0.5) is 11.4 Å². The van der Waals surface area contributed by atoms with Crippen molar-refractivity contribution in [3.8, 4) is 11.5 Å². The standard InChI is InChI=1S/C20H21NO3Si/c1-25(2,3)16-10-15-24-20(23)19(22)21(17-11-6-4-7-12-17)18-13-8-5-9-14-18/h4-9,11-14H,15H2,1-3H3. The van der Waals surface area contributed by atoms with Gasteiger partial charge in [-0.05, 0) is 24.3 Å². The molecule has 0 aliphatic heterocycles. The molecule has 25 heavy (non-hydrogen) atoms. The Morgan fingerprint density at radius 3 is 1.84 bits per heavy atom. The second kappa shape index (κ2) is 8.31. The van der Waals surface area contributed by atoms with E-state index >= 15 is 0 Å². The quantitative estimate of drug-likeness (QED) is 0.366. The predicted molar refractivity (Wildman–Crippen MR) is 102 cm³/mol. The molecule has 0 saturated heterocycles. The molecule has 128 valence electrons. The zero-order valence-corrected chi connectivity index (χ0v) is 15.7. The summed E-state index contributed by atoms with van der Waals surface area (Å²) in [6, 6.07) is 18.0. The average Bonchev–Trinajstić information content (AvgIpc) is 2.60. The molecule has 2 aromatic carbocycles. The van der Waals surface area contributed by atoms with Gasteiger partial charge in [0, 0.05) is 11.4 Å². The van der Waals surface area contributed by atoms with Gasteiger partial charge in [0.25, 0.3) is 0 Å². The van der Waals surface area contributed by atoms with Gasteiger partial charge in [0.05, 0.1) is 0 Å². The van der Waals surface area contributed by atoms with E-state index in [0.29, 0.717) is 11.4 Å². The summed E-state index contributed by atoms with van der Waals surface area (Å²) >= 11 is 0. The first-order chi connectivity index (χ1) is 11.9. The number of rotatable bonds is 3. The third-order valence-electron chi connectivity index (χ3n) is 3.15. The summed E-state index contributed by atoms with van der Waals surface area (Å²) in [6.45, 7) is 6.21. The summed E-state index contributed by atoms with van der Waals surface area (Å²) < 4.78 is 5.04. The topological polar surface area (TPSA) is 46.6 Å². The molecular formula is C20H21NO3Si. The van der Waals surface area contributed by atoms with E-state index in [9.17, 15) is 9.59 Å². The van der Waals surface area contributed by atoms with Gasteiger partial charge in [-0.15, -0.1) is 5.54 Å². The van der Waals surface area contributed by atoms with Crippen molar-refractivity contribution in [1.29, 1.82) is 0 Å².